The molecule has 1 heterocycles. The van der Waals surface area contributed by atoms with E-state index < -0.39 is 0 Å². The van der Waals surface area contributed by atoms with Gasteiger partial charge in [0.15, 0.2) is 0 Å². The van der Waals surface area contributed by atoms with Gasteiger partial charge in [0, 0.05) is 22.3 Å². The van der Waals surface area contributed by atoms with Crippen molar-refractivity contribution in [1.29, 1.82) is 0 Å². The summed E-state index contributed by atoms with van der Waals surface area (Å²) in [6.45, 7) is 4.31. The quantitative estimate of drug-likeness (QED) is 0.736. The summed E-state index contributed by atoms with van der Waals surface area (Å²) in [5.74, 6) is -0.924. The zero-order chi connectivity index (χ0) is 18.8. The number of anilines is 1. The van der Waals surface area contributed by atoms with E-state index in [2.05, 4.69) is 21.2 Å². The first kappa shape index (κ1) is 18.3. The fourth-order valence-electron chi connectivity index (χ4n) is 2.91. The molecule has 0 aliphatic carbocycles. The van der Waals surface area contributed by atoms with Gasteiger partial charge in [-0.1, -0.05) is 29.3 Å². The van der Waals surface area contributed by atoms with Crippen molar-refractivity contribution in [3.05, 3.63) is 63.1 Å². The van der Waals surface area contributed by atoms with E-state index in [9.17, 15) is 14.4 Å². The van der Waals surface area contributed by atoms with Crippen LogP contribution in [-0.2, 0) is 0 Å². The van der Waals surface area contributed by atoms with Crippen LogP contribution in [0.5, 0.6) is 0 Å². The summed E-state index contributed by atoms with van der Waals surface area (Å²) in [7, 11) is 0. The number of nitrogens with zero attached hydrogens (tertiary/aromatic N) is 1. The maximum absolute atomic E-state index is 12.6. The minimum atomic E-state index is -0.326. The first-order valence-electron chi connectivity index (χ1n) is 8.50. The van der Waals surface area contributed by atoms with Crippen LogP contribution in [0.3, 0.4) is 0 Å². The van der Waals surface area contributed by atoms with Gasteiger partial charge in [0.25, 0.3) is 17.7 Å². The first-order valence-corrected chi connectivity index (χ1v) is 9.29. The van der Waals surface area contributed by atoms with Gasteiger partial charge in [-0.3, -0.25) is 19.3 Å². The Hall–Kier alpha value is -2.47. The molecule has 0 aromatic heterocycles. The minimum absolute atomic E-state index is 0.283. The maximum Gasteiger partial charge on any atom is 0.261 e. The number of fused-ring (bicyclic) bond motifs is 1. The van der Waals surface area contributed by atoms with Crippen LogP contribution in [0, 0.1) is 6.92 Å². The average Bonchev–Trinajstić information content (AvgIpc) is 2.86. The molecular weight excluding hydrogens is 396 g/mol. The Kier molecular flexibility index (Phi) is 5.23. The largest absolute Gasteiger partial charge is 0.322 e. The van der Waals surface area contributed by atoms with Crippen LogP contribution in [0.1, 0.15) is 56.4 Å². The Balaban J connectivity index is 1.84. The molecule has 1 aliphatic rings. The number of imide groups is 1. The number of halogens is 1. The summed E-state index contributed by atoms with van der Waals surface area (Å²) in [4.78, 5) is 38.7. The zero-order valence-electron chi connectivity index (χ0n) is 14.6. The van der Waals surface area contributed by atoms with Crippen LogP contribution in [0.25, 0.3) is 0 Å². The topological polar surface area (TPSA) is 66.5 Å². The second-order valence-corrected chi connectivity index (χ2v) is 7.20. The number of amides is 3. The van der Waals surface area contributed by atoms with Gasteiger partial charge in [-0.15, -0.1) is 0 Å². The van der Waals surface area contributed by atoms with E-state index in [4.69, 9.17) is 0 Å². The Morgan fingerprint density at radius 1 is 1.08 bits per heavy atom. The van der Waals surface area contributed by atoms with E-state index in [-0.39, 0.29) is 17.7 Å². The molecule has 1 aliphatic heterocycles. The summed E-state index contributed by atoms with van der Waals surface area (Å²) in [6, 6.07) is 10.2. The summed E-state index contributed by atoms with van der Waals surface area (Å²) >= 11 is 3.39. The molecule has 6 heteroatoms. The molecule has 3 amide bonds. The number of nitrogens with one attached hydrogen (secondary N) is 1. The number of benzene rings is 2. The fourth-order valence-corrected chi connectivity index (χ4v) is 3.39. The van der Waals surface area contributed by atoms with Gasteiger partial charge in [0.2, 0.25) is 0 Å². The molecule has 26 heavy (non-hydrogen) atoms. The molecule has 0 unspecified atom stereocenters. The number of carbonyl (C=O) groups is 3. The summed E-state index contributed by atoms with van der Waals surface area (Å²) < 4.78 is 0.932. The van der Waals surface area contributed by atoms with E-state index in [0.717, 1.165) is 22.9 Å². The Morgan fingerprint density at radius 3 is 2.50 bits per heavy atom. The van der Waals surface area contributed by atoms with E-state index in [1.807, 2.05) is 32.0 Å². The smallest absolute Gasteiger partial charge is 0.261 e. The number of hydrogen-bond acceptors (Lipinski definition) is 3. The van der Waals surface area contributed by atoms with E-state index in [1.165, 1.54) is 11.0 Å². The zero-order valence-corrected chi connectivity index (χ0v) is 16.2. The highest BCUT2D eigenvalue weighted by atomic mass is 79.9. The number of aryl methyl sites for hydroxylation is 1. The molecule has 0 atom stereocenters. The molecule has 134 valence electrons. The van der Waals surface area contributed by atoms with Crippen LogP contribution in [0.15, 0.2) is 40.9 Å². The van der Waals surface area contributed by atoms with Gasteiger partial charge in [-0.05, 0) is 55.3 Å². The SMILES string of the molecule is CCCCN1C(=O)c2ccc(C(=O)Nc3ccc(Br)cc3C)cc2C1=O. The Bertz CT molecular complexity index is 908. The van der Waals surface area contributed by atoms with E-state index >= 15 is 0 Å². The lowest BCUT2D eigenvalue weighted by molar-refractivity contribution is 0.0652. The van der Waals surface area contributed by atoms with Crippen molar-refractivity contribution in [3.63, 3.8) is 0 Å². The van der Waals surface area contributed by atoms with Gasteiger partial charge in [0.05, 0.1) is 11.1 Å². The molecule has 0 spiro atoms. The molecule has 0 fully saturated rings. The van der Waals surface area contributed by atoms with Gasteiger partial charge in [0.1, 0.15) is 0 Å². The van der Waals surface area contributed by atoms with E-state index in [1.54, 1.807) is 12.1 Å². The number of rotatable bonds is 5. The van der Waals surface area contributed by atoms with Crippen LogP contribution < -0.4 is 5.32 Å². The first-order chi connectivity index (χ1) is 12.4. The third kappa shape index (κ3) is 3.42. The van der Waals surface area contributed by atoms with Crippen LogP contribution in [0.4, 0.5) is 5.69 Å². The second kappa shape index (κ2) is 7.41. The molecule has 2 aromatic carbocycles. The molecule has 5 nitrogen and oxygen atoms in total. The lowest BCUT2D eigenvalue weighted by atomic mass is 10.0. The van der Waals surface area contributed by atoms with Gasteiger partial charge < -0.3 is 5.32 Å². The number of hydrogen-bond donors (Lipinski definition) is 1. The lowest BCUT2D eigenvalue weighted by Crippen LogP contribution is -2.30. The molecular formula is C20H19BrN2O3. The molecule has 3 rings (SSSR count). The van der Waals surface area contributed by atoms with Crippen LogP contribution >= 0.6 is 15.9 Å². The number of unbranched alkanes of at least 4 members (excludes halogenated alkanes) is 1. The van der Waals surface area contributed by atoms with Gasteiger partial charge >= 0.3 is 0 Å². The number of carbonyl (C=O) groups excluding carboxylic acids is 3. The molecule has 1 N–H and O–H groups in total. The van der Waals surface area contributed by atoms with Crippen molar-refractivity contribution in [1.82, 2.24) is 4.90 Å². The van der Waals surface area contributed by atoms with Crippen molar-refractivity contribution in [2.75, 3.05) is 11.9 Å². The predicted octanol–water partition coefficient (Wildman–Crippen LogP) is 4.41. The standard InChI is InChI=1S/C20H19BrN2O3/c1-3-4-9-23-19(25)15-7-5-13(11-16(15)20(23)26)18(24)22-17-8-6-14(21)10-12(17)2/h5-8,10-11H,3-4,9H2,1-2H3,(H,22,24). The second-order valence-electron chi connectivity index (χ2n) is 6.29. The molecule has 0 saturated heterocycles. The van der Waals surface area contributed by atoms with Crippen molar-refractivity contribution in [2.24, 2.45) is 0 Å². The summed E-state index contributed by atoms with van der Waals surface area (Å²) in [5, 5.41) is 2.85. The third-order valence-electron chi connectivity index (χ3n) is 4.40. The van der Waals surface area contributed by atoms with E-state index in [0.29, 0.717) is 28.9 Å². The maximum atomic E-state index is 12.6. The Labute approximate surface area is 160 Å². The van der Waals surface area contributed by atoms with Crippen molar-refractivity contribution in [2.45, 2.75) is 26.7 Å². The molecule has 0 radical (unpaired) electrons. The lowest BCUT2D eigenvalue weighted by Gasteiger charge is -2.12. The van der Waals surface area contributed by atoms with Gasteiger partial charge in [-0.2, -0.15) is 0 Å². The molecule has 0 saturated carbocycles. The Morgan fingerprint density at radius 2 is 1.81 bits per heavy atom. The normalized spacial score (nSPS) is 13.1. The van der Waals surface area contributed by atoms with Crippen LogP contribution in [-0.4, -0.2) is 29.2 Å². The highest BCUT2D eigenvalue weighted by Gasteiger charge is 2.35. The van der Waals surface area contributed by atoms with Crippen molar-refractivity contribution >= 4 is 39.3 Å². The van der Waals surface area contributed by atoms with Crippen molar-refractivity contribution < 1.29 is 14.4 Å². The summed E-state index contributed by atoms with van der Waals surface area (Å²) in [6.07, 6.45) is 1.66. The minimum Gasteiger partial charge on any atom is -0.322 e. The highest BCUT2D eigenvalue weighted by Crippen LogP contribution is 2.25. The third-order valence-corrected chi connectivity index (χ3v) is 4.90. The predicted molar refractivity (Wildman–Crippen MR) is 104 cm³/mol. The summed E-state index contributed by atoms with van der Waals surface area (Å²) in [5.41, 5.74) is 2.63. The molecule has 2 aromatic rings. The van der Waals surface area contributed by atoms with Gasteiger partial charge in [-0.25, -0.2) is 0 Å². The highest BCUT2D eigenvalue weighted by molar-refractivity contribution is 9.10. The van der Waals surface area contributed by atoms with Crippen LogP contribution in [0.2, 0.25) is 0 Å². The monoisotopic (exact) mass is 414 g/mol. The fraction of sp³-hybridized carbons (Fsp3) is 0.250. The van der Waals surface area contributed by atoms with Crippen molar-refractivity contribution in [3.8, 4) is 0 Å². The molecule has 0 bridgehead atoms. The average molecular weight is 415 g/mol.